The van der Waals surface area contributed by atoms with Crippen molar-refractivity contribution in [1.29, 1.82) is 0 Å². The highest BCUT2D eigenvalue weighted by molar-refractivity contribution is 6.34. The van der Waals surface area contributed by atoms with Gasteiger partial charge in [0.25, 0.3) is 5.91 Å². The van der Waals surface area contributed by atoms with E-state index in [-0.39, 0.29) is 30.3 Å². The fourth-order valence-electron chi connectivity index (χ4n) is 5.09. The summed E-state index contributed by atoms with van der Waals surface area (Å²) in [4.78, 5) is 31.1. The third-order valence-electron chi connectivity index (χ3n) is 7.50. The molecule has 2 aliphatic heterocycles. The molecule has 1 saturated heterocycles. The third-order valence-corrected chi connectivity index (χ3v) is 8.17. The Balaban J connectivity index is 1.39. The molecule has 196 valence electrons. The zero-order valence-electron chi connectivity index (χ0n) is 20.8. The average Bonchev–Trinajstić information content (AvgIpc) is 3.31. The Labute approximate surface area is 227 Å². The second-order valence-electron chi connectivity index (χ2n) is 9.85. The smallest absolute Gasteiger partial charge is 0.262 e. The molecule has 2 aromatic carbocycles. The first-order valence-corrected chi connectivity index (χ1v) is 13.7. The van der Waals surface area contributed by atoms with Gasteiger partial charge in [-0.3, -0.25) is 14.5 Å². The molecule has 2 fully saturated rings. The second kappa shape index (κ2) is 11.9. The van der Waals surface area contributed by atoms with E-state index in [0.29, 0.717) is 36.2 Å². The lowest BCUT2D eigenvalue weighted by molar-refractivity contribution is -0.145. The average molecular weight is 543 g/mol. The number of amides is 2. The van der Waals surface area contributed by atoms with Gasteiger partial charge in [0.1, 0.15) is 6.54 Å². The van der Waals surface area contributed by atoms with Crippen molar-refractivity contribution in [3.05, 3.63) is 69.7 Å². The van der Waals surface area contributed by atoms with Gasteiger partial charge >= 0.3 is 0 Å². The van der Waals surface area contributed by atoms with Crippen molar-refractivity contribution in [2.24, 2.45) is 11.0 Å². The molecule has 9 heteroatoms. The number of morpholine rings is 1. The number of hydrogen-bond donors (Lipinski definition) is 0. The van der Waals surface area contributed by atoms with Crippen molar-refractivity contribution in [2.45, 2.75) is 31.7 Å². The van der Waals surface area contributed by atoms with Crippen LogP contribution in [0.25, 0.3) is 0 Å². The van der Waals surface area contributed by atoms with Crippen LogP contribution in [0, 0.1) is 5.92 Å². The largest absolute Gasteiger partial charge is 0.379 e. The summed E-state index contributed by atoms with van der Waals surface area (Å²) in [6, 6.07) is 14.7. The number of halogens is 2. The second-order valence-corrected chi connectivity index (χ2v) is 10.7. The zero-order chi connectivity index (χ0) is 25.8. The molecule has 2 heterocycles. The number of hydrogen-bond acceptors (Lipinski definition) is 5. The fraction of sp³-hybridized carbons (Fsp3) is 0.464. The van der Waals surface area contributed by atoms with Gasteiger partial charge in [-0.25, -0.2) is 5.01 Å². The van der Waals surface area contributed by atoms with Crippen LogP contribution in [0.2, 0.25) is 10.0 Å². The lowest BCUT2D eigenvalue weighted by Crippen LogP contribution is -2.49. The zero-order valence-corrected chi connectivity index (χ0v) is 22.3. The highest BCUT2D eigenvalue weighted by Crippen LogP contribution is 2.37. The Kier molecular flexibility index (Phi) is 8.45. The summed E-state index contributed by atoms with van der Waals surface area (Å²) in [5.74, 6) is -0.143. The van der Waals surface area contributed by atoms with E-state index in [2.05, 4.69) is 4.90 Å². The first-order chi connectivity index (χ1) is 18.0. The van der Waals surface area contributed by atoms with Gasteiger partial charge in [-0.15, -0.1) is 0 Å². The molecule has 5 rings (SSSR count). The number of ether oxygens (including phenoxy) is 1. The fourth-order valence-corrected chi connectivity index (χ4v) is 5.60. The van der Waals surface area contributed by atoms with E-state index >= 15 is 0 Å². The molecule has 0 aromatic heterocycles. The maximum Gasteiger partial charge on any atom is 0.262 e. The highest BCUT2D eigenvalue weighted by Gasteiger charge is 2.37. The maximum absolute atomic E-state index is 13.8. The quantitative estimate of drug-likeness (QED) is 0.487. The molecule has 0 spiro atoms. The minimum atomic E-state index is -0.368. The minimum absolute atomic E-state index is 0.0117. The Hall–Kier alpha value is -2.45. The number of benzene rings is 2. The Bertz CT molecular complexity index is 1160. The normalized spacial score (nSPS) is 20.4. The van der Waals surface area contributed by atoms with E-state index < -0.39 is 0 Å². The van der Waals surface area contributed by atoms with Crippen LogP contribution in [0.4, 0.5) is 0 Å². The lowest BCUT2D eigenvalue weighted by atomic mass is 9.84. The predicted molar refractivity (Wildman–Crippen MR) is 145 cm³/mol. The summed E-state index contributed by atoms with van der Waals surface area (Å²) < 4.78 is 5.45. The van der Waals surface area contributed by atoms with Crippen molar-refractivity contribution < 1.29 is 14.3 Å². The molecule has 7 nitrogen and oxygen atoms in total. The van der Waals surface area contributed by atoms with Crippen molar-refractivity contribution >= 4 is 40.7 Å². The highest BCUT2D eigenvalue weighted by atomic mass is 35.5. The van der Waals surface area contributed by atoms with Crippen molar-refractivity contribution in [3.63, 3.8) is 0 Å². The predicted octanol–water partition coefficient (Wildman–Crippen LogP) is 4.63. The van der Waals surface area contributed by atoms with E-state index in [1.807, 2.05) is 48.5 Å². The molecule has 0 radical (unpaired) electrons. The third kappa shape index (κ3) is 6.01. The monoisotopic (exact) mass is 542 g/mol. The number of hydrazone groups is 1. The number of carbonyl (C=O) groups is 2. The van der Waals surface area contributed by atoms with E-state index in [4.69, 9.17) is 33.0 Å². The van der Waals surface area contributed by atoms with Crippen molar-refractivity contribution in [3.8, 4) is 0 Å². The van der Waals surface area contributed by atoms with Gasteiger partial charge in [0.05, 0.1) is 25.0 Å². The topological polar surface area (TPSA) is 65.5 Å². The van der Waals surface area contributed by atoms with Crippen LogP contribution in [0.15, 0.2) is 53.6 Å². The molecule has 2 amide bonds. The SMILES string of the molecule is O=C(C1CCC1)N(CCN1CCOCC1)CC(=O)N1N=C(c2ccccc2Cl)CC1c1ccccc1Cl. The van der Waals surface area contributed by atoms with Crippen LogP contribution in [0.3, 0.4) is 0 Å². The Morgan fingerprint density at radius 2 is 1.70 bits per heavy atom. The summed E-state index contributed by atoms with van der Waals surface area (Å²) in [6.45, 7) is 4.28. The Morgan fingerprint density at radius 3 is 2.38 bits per heavy atom. The van der Waals surface area contributed by atoms with Gasteiger partial charge < -0.3 is 9.64 Å². The van der Waals surface area contributed by atoms with E-state index in [1.54, 1.807) is 4.90 Å². The molecule has 1 aliphatic carbocycles. The molecule has 0 N–H and O–H groups in total. The first-order valence-electron chi connectivity index (χ1n) is 13.0. The summed E-state index contributed by atoms with van der Waals surface area (Å²) in [7, 11) is 0. The van der Waals surface area contributed by atoms with Gasteiger partial charge in [-0.05, 0) is 30.5 Å². The van der Waals surface area contributed by atoms with Crippen LogP contribution in [0.1, 0.15) is 42.9 Å². The molecule has 1 saturated carbocycles. The van der Waals surface area contributed by atoms with Gasteiger partial charge in [-0.1, -0.05) is 66.0 Å². The molecular formula is C28H32Cl2N4O3. The molecule has 37 heavy (non-hydrogen) atoms. The summed E-state index contributed by atoms with van der Waals surface area (Å²) in [5, 5.41) is 7.42. The molecular weight excluding hydrogens is 511 g/mol. The summed E-state index contributed by atoms with van der Waals surface area (Å²) >= 11 is 13.0. The summed E-state index contributed by atoms with van der Waals surface area (Å²) in [5.41, 5.74) is 2.36. The molecule has 2 aromatic rings. The van der Waals surface area contributed by atoms with E-state index in [0.717, 1.165) is 55.7 Å². The van der Waals surface area contributed by atoms with Gasteiger partial charge in [0, 0.05) is 54.1 Å². The standard InChI is InChI=1S/C28H32Cl2N4O3/c29-23-10-3-1-8-21(23)25-18-26(22-9-2-4-11-24(22)30)34(31-25)27(35)19-33(28(36)20-6-5-7-20)13-12-32-14-16-37-17-15-32/h1-4,8-11,20,26H,5-7,12-19H2. The van der Waals surface area contributed by atoms with Crippen LogP contribution >= 0.6 is 23.2 Å². The van der Waals surface area contributed by atoms with Gasteiger partial charge in [0.15, 0.2) is 0 Å². The first kappa shape index (κ1) is 26.2. The van der Waals surface area contributed by atoms with Crippen LogP contribution in [0.5, 0.6) is 0 Å². The molecule has 1 atom stereocenters. The van der Waals surface area contributed by atoms with Crippen LogP contribution in [-0.4, -0.2) is 78.3 Å². The van der Waals surface area contributed by atoms with E-state index in [1.165, 1.54) is 5.01 Å². The number of nitrogens with zero attached hydrogens (tertiary/aromatic N) is 4. The minimum Gasteiger partial charge on any atom is -0.379 e. The molecule has 3 aliphatic rings. The lowest BCUT2D eigenvalue weighted by Gasteiger charge is -2.34. The Morgan fingerprint density at radius 1 is 1.00 bits per heavy atom. The summed E-state index contributed by atoms with van der Waals surface area (Å²) in [6.07, 6.45) is 3.33. The number of rotatable bonds is 8. The van der Waals surface area contributed by atoms with Gasteiger partial charge in [0.2, 0.25) is 5.91 Å². The molecule has 1 unspecified atom stereocenters. The maximum atomic E-state index is 13.8. The molecule has 0 bridgehead atoms. The van der Waals surface area contributed by atoms with Crippen LogP contribution in [-0.2, 0) is 14.3 Å². The van der Waals surface area contributed by atoms with Crippen molar-refractivity contribution in [2.75, 3.05) is 45.9 Å². The van der Waals surface area contributed by atoms with E-state index in [9.17, 15) is 9.59 Å². The van der Waals surface area contributed by atoms with Gasteiger partial charge in [-0.2, -0.15) is 5.10 Å². The van der Waals surface area contributed by atoms with Crippen LogP contribution < -0.4 is 0 Å². The number of carbonyl (C=O) groups excluding carboxylic acids is 2. The van der Waals surface area contributed by atoms with Crippen molar-refractivity contribution in [1.82, 2.24) is 14.8 Å².